The molecule has 0 aliphatic carbocycles. The lowest BCUT2D eigenvalue weighted by Crippen LogP contribution is -2.44. The van der Waals surface area contributed by atoms with Crippen LogP contribution in [0.5, 0.6) is 0 Å². The van der Waals surface area contributed by atoms with Gasteiger partial charge in [0.2, 0.25) is 0 Å². The lowest BCUT2D eigenvalue weighted by Gasteiger charge is -2.17. The molecule has 1 heterocycles. The van der Waals surface area contributed by atoms with Gasteiger partial charge in [-0.2, -0.15) is 0 Å². The van der Waals surface area contributed by atoms with Crippen LogP contribution in [-0.4, -0.2) is 43.4 Å². The molecular weight excluding hydrogens is 392 g/mol. The van der Waals surface area contributed by atoms with E-state index in [2.05, 4.69) is 15.6 Å². The Hall–Kier alpha value is -2.94. The van der Waals surface area contributed by atoms with Crippen molar-refractivity contribution in [3.8, 4) is 0 Å². The van der Waals surface area contributed by atoms with Gasteiger partial charge in [-0.05, 0) is 24.0 Å². The van der Waals surface area contributed by atoms with Crippen LogP contribution in [0.2, 0.25) is 0 Å². The molecule has 2 aromatic rings. The highest BCUT2D eigenvalue weighted by Gasteiger charge is 2.28. The first-order valence-electron chi connectivity index (χ1n) is 9.44. The summed E-state index contributed by atoms with van der Waals surface area (Å²) in [6.07, 6.45) is 1.36. The molecule has 0 saturated carbocycles. The number of sulfone groups is 1. The summed E-state index contributed by atoms with van der Waals surface area (Å²) in [5.74, 6) is 0.829. The molecule has 2 N–H and O–H groups in total. The summed E-state index contributed by atoms with van der Waals surface area (Å²) in [6.45, 7) is 0.980. The highest BCUT2D eigenvalue weighted by atomic mass is 32.2. The smallest absolute Gasteiger partial charge is 0.269 e. The van der Waals surface area contributed by atoms with E-state index >= 15 is 0 Å². The van der Waals surface area contributed by atoms with Crippen molar-refractivity contribution in [2.75, 3.05) is 18.1 Å². The molecule has 1 unspecified atom stereocenters. The summed E-state index contributed by atoms with van der Waals surface area (Å²) >= 11 is 0. The zero-order valence-corrected chi connectivity index (χ0v) is 16.8. The monoisotopic (exact) mass is 416 g/mol. The number of guanidine groups is 1. The third-order valence-electron chi connectivity index (χ3n) is 4.69. The molecule has 3 rings (SSSR count). The van der Waals surface area contributed by atoms with E-state index in [1.165, 1.54) is 17.7 Å². The maximum absolute atomic E-state index is 11.7. The second kappa shape index (κ2) is 9.51. The van der Waals surface area contributed by atoms with Gasteiger partial charge in [-0.1, -0.05) is 42.5 Å². The predicted molar refractivity (Wildman–Crippen MR) is 113 cm³/mol. The average Bonchev–Trinajstić information content (AvgIpc) is 3.05. The minimum absolute atomic E-state index is 0.0354. The second-order valence-corrected chi connectivity index (χ2v) is 9.22. The summed E-state index contributed by atoms with van der Waals surface area (Å²) in [7, 11) is -2.99. The SMILES string of the molecule is O=[N+]([O-])c1ccc(CN=C(NCCc2ccccc2)NC2CCS(=O)(=O)C2)cc1. The largest absolute Gasteiger partial charge is 0.356 e. The zero-order valence-electron chi connectivity index (χ0n) is 16.0. The summed E-state index contributed by atoms with van der Waals surface area (Å²) in [5.41, 5.74) is 2.06. The van der Waals surface area contributed by atoms with Crippen LogP contribution in [0.4, 0.5) is 5.69 Å². The Kier molecular flexibility index (Phi) is 6.82. The van der Waals surface area contributed by atoms with Crippen LogP contribution in [0, 0.1) is 10.1 Å². The number of non-ortho nitro benzene ring substituents is 1. The van der Waals surface area contributed by atoms with E-state index in [1.807, 2.05) is 30.3 Å². The van der Waals surface area contributed by atoms with Gasteiger partial charge in [0.15, 0.2) is 15.8 Å². The molecular formula is C20H24N4O4S. The van der Waals surface area contributed by atoms with Crippen LogP contribution in [0.3, 0.4) is 0 Å². The molecule has 0 bridgehead atoms. The number of hydrogen-bond acceptors (Lipinski definition) is 5. The average molecular weight is 417 g/mol. The standard InChI is InChI=1S/C20H24N4O4S/c25-24(26)19-8-6-17(7-9-19)14-22-20(23-18-11-13-29(27,28)15-18)21-12-10-16-4-2-1-3-5-16/h1-9,18H,10-15H2,(H2,21,22,23). The number of rotatable bonds is 7. The van der Waals surface area contributed by atoms with Crippen molar-refractivity contribution in [1.82, 2.24) is 10.6 Å². The molecule has 1 fully saturated rings. The van der Waals surface area contributed by atoms with Gasteiger partial charge >= 0.3 is 0 Å². The van der Waals surface area contributed by atoms with Gasteiger partial charge in [-0.15, -0.1) is 0 Å². The lowest BCUT2D eigenvalue weighted by atomic mass is 10.1. The fourth-order valence-electron chi connectivity index (χ4n) is 3.12. The number of nitro groups is 1. The summed E-state index contributed by atoms with van der Waals surface area (Å²) < 4.78 is 23.5. The number of nitro benzene ring substituents is 1. The molecule has 29 heavy (non-hydrogen) atoms. The number of aliphatic imine (C=N–C) groups is 1. The maximum Gasteiger partial charge on any atom is 0.269 e. The quantitative estimate of drug-likeness (QED) is 0.309. The summed E-state index contributed by atoms with van der Waals surface area (Å²) in [6, 6.07) is 16.1. The van der Waals surface area contributed by atoms with E-state index < -0.39 is 14.8 Å². The van der Waals surface area contributed by atoms with Gasteiger partial charge in [0.25, 0.3) is 5.69 Å². The molecule has 0 spiro atoms. The van der Waals surface area contributed by atoms with Crippen molar-refractivity contribution < 1.29 is 13.3 Å². The van der Waals surface area contributed by atoms with Crippen LogP contribution in [-0.2, 0) is 22.8 Å². The van der Waals surface area contributed by atoms with Crippen molar-refractivity contribution in [3.05, 3.63) is 75.8 Å². The van der Waals surface area contributed by atoms with Crippen molar-refractivity contribution >= 4 is 21.5 Å². The molecule has 1 atom stereocenters. The first kappa shape index (κ1) is 20.8. The maximum atomic E-state index is 11.7. The first-order chi connectivity index (χ1) is 13.9. The van der Waals surface area contributed by atoms with Gasteiger partial charge in [-0.3, -0.25) is 10.1 Å². The van der Waals surface area contributed by atoms with E-state index in [0.717, 1.165) is 12.0 Å². The molecule has 1 aliphatic rings. The Morgan fingerprint density at radius 1 is 1.10 bits per heavy atom. The van der Waals surface area contributed by atoms with Gasteiger partial charge in [0, 0.05) is 24.7 Å². The molecule has 9 heteroatoms. The van der Waals surface area contributed by atoms with Crippen LogP contribution >= 0.6 is 0 Å². The topological polar surface area (TPSA) is 114 Å². The Balaban J connectivity index is 1.63. The van der Waals surface area contributed by atoms with Gasteiger partial charge in [-0.25, -0.2) is 13.4 Å². The number of nitrogens with one attached hydrogen (secondary N) is 2. The van der Waals surface area contributed by atoms with E-state index in [1.54, 1.807) is 12.1 Å². The molecule has 1 saturated heterocycles. The van der Waals surface area contributed by atoms with Crippen LogP contribution in [0.1, 0.15) is 17.5 Å². The van der Waals surface area contributed by atoms with Crippen molar-refractivity contribution in [2.24, 2.45) is 4.99 Å². The van der Waals surface area contributed by atoms with Crippen LogP contribution in [0.25, 0.3) is 0 Å². The van der Waals surface area contributed by atoms with Gasteiger partial charge in [0.05, 0.1) is 23.0 Å². The van der Waals surface area contributed by atoms with Gasteiger partial charge < -0.3 is 10.6 Å². The molecule has 0 aromatic heterocycles. The Morgan fingerprint density at radius 2 is 1.83 bits per heavy atom. The Morgan fingerprint density at radius 3 is 2.45 bits per heavy atom. The normalized spacial score (nSPS) is 18.3. The highest BCUT2D eigenvalue weighted by Crippen LogP contribution is 2.13. The van der Waals surface area contributed by atoms with E-state index in [0.29, 0.717) is 25.5 Å². The van der Waals surface area contributed by atoms with Crippen molar-refractivity contribution in [1.29, 1.82) is 0 Å². The third kappa shape index (κ3) is 6.56. The number of nitrogens with zero attached hydrogens (tertiary/aromatic N) is 2. The van der Waals surface area contributed by atoms with E-state index in [-0.39, 0.29) is 23.2 Å². The first-order valence-corrected chi connectivity index (χ1v) is 11.3. The molecule has 0 radical (unpaired) electrons. The minimum Gasteiger partial charge on any atom is -0.356 e. The molecule has 2 aromatic carbocycles. The van der Waals surface area contributed by atoms with Crippen molar-refractivity contribution in [2.45, 2.75) is 25.4 Å². The highest BCUT2D eigenvalue weighted by molar-refractivity contribution is 7.91. The summed E-state index contributed by atoms with van der Waals surface area (Å²) in [5, 5.41) is 17.2. The molecule has 1 aliphatic heterocycles. The van der Waals surface area contributed by atoms with E-state index in [9.17, 15) is 18.5 Å². The minimum atomic E-state index is -2.99. The van der Waals surface area contributed by atoms with Crippen LogP contribution < -0.4 is 10.6 Å². The predicted octanol–water partition coefficient (Wildman–Crippen LogP) is 2.06. The van der Waals surface area contributed by atoms with E-state index in [4.69, 9.17) is 0 Å². The van der Waals surface area contributed by atoms with Crippen molar-refractivity contribution in [3.63, 3.8) is 0 Å². The number of benzene rings is 2. The molecule has 8 nitrogen and oxygen atoms in total. The fourth-order valence-corrected chi connectivity index (χ4v) is 4.79. The summed E-state index contributed by atoms with van der Waals surface area (Å²) in [4.78, 5) is 14.9. The van der Waals surface area contributed by atoms with Gasteiger partial charge in [0.1, 0.15) is 0 Å². The third-order valence-corrected chi connectivity index (χ3v) is 6.46. The second-order valence-electron chi connectivity index (χ2n) is 7.00. The number of hydrogen-bond donors (Lipinski definition) is 2. The molecule has 154 valence electrons. The fraction of sp³-hybridized carbons (Fsp3) is 0.350. The Bertz CT molecular complexity index is 960. The zero-order chi connectivity index (χ0) is 20.7. The Labute approximate surface area is 170 Å². The lowest BCUT2D eigenvalue weighted by molar-refractivity contribution is -0.384. The van der Waals surface area contributed by atoms with Crippen LogP contribution in [0.15, 0.2) is 59.6 Å². The molecule has 0 amide bonds.